The van der Waals surface area contributed by atoms with E-state index in [9.17, 15) is 4.79 Å². The minimum Gasteiger partial charge on any atom is -0.484 e. The third kappa shape index (κ3) is 4.10. The predicted octanol–water partition coefficient (Wildman–Crippen LogP) is 2.50. The van der Waals surface area contributed by atoms with Gasteiger partial charge in [0.05, 0.1) is 6.61 Å². The average molecular weight is 271 g/mol. The Balaban J connectivity index is 1.85. The summed E-state index contributed by atoms with van der Waals surface area (Å²) in [7, 11) is 0. The number of carbonyl (C=O) groups excluding carboxylic acids is 1. The second-order valence-electron chi connectivity index (χ2n) is 4.51. The van der Waals surface area contributed by atoms with Gasteiger partial charge in [0.1, 0.15) is 5.75 Å². The van der Waals surface area contributed by atoms with E-state index in [-0.39, 0.29) is 19.1 Å². The fraction of sp³-hybridized carbons (Fsp3) is 0.188. The average Bonchev–Trinajstić information content (AvgIpc) is 2.46. The van der Waals surface area contributed by atoms with E-state index in [2.05, 4.69) is 5.32 Å². The molecule has 0 aliphatic carbocycles. The lowest BCUT2D eigenvalue weighted by molar-refractivity contribution is -0.118. The molecule has 0 bridgehead atoms. The lowest BCUT2D eigenvalue weighted by Gasteiger charge is -2.08. The quantitative estimate of drug-likeness (QED) is 0.878. The van der Waals surface area contributed by atoms with Gasteiger partial charge in [-0.25, -0.2) is 0 Å². The molecule has 0 saturated carbocycles. The molecule has 0 spiro atoms. The van der Waals surface area contributed by atoms with E-state index in [1.54, 1.807) is 24.3 Å². The smallest absolute Gasteiger partial charge is 0.262 e. The lowest BCUT2D eigenvalue weighted by Crippen LogP contribution is -2.20. The Hall–Kier alpha value is -2.33. The van der Waals surface area contributed by atoms with Crippen molar-refractivity contribution in [2.75, 3.05) is 11.9 Å². The number of aryl methyl sites for hydroxylation is 1. The third-order valence-electron chi connectivity index (χ3n) is 2.78. The summed E-state index contributed by atoms with van der Waals surface area (Å²) in [6.07, 6.45) is 0. The standard InChI is InChI=1S/C16H17NO3/c1-12-3-2-4-14(9-12)17-16(19)11-20-15-7-5-13(10-18)6-8-15/h2-9,18H,10-11H2,1H3,(H,17,19). The van der Waals surface area contributed by atoms with Crippen LogP contribution >= 0.6 is 0 Å². The number of hydrogen-bond donors (Lipinski definition) is 2. The van der Waals surface area contributed by atoms with E-state index in [1.807, 2.05) is 31.2 Å². The molecule has 2 aromatic carbocycles. The molecule has 0 aliphatic rings. The van der Waals surface area contributed by atoms with E-state index >= 15 is 0 Å². The first-order valence-corrected chi connectivity index (χ1v) is 6.36. The molecule has 2 rings (SSSR count). The van der Waals surface area contributed by atoms with Crippen LogP contribution in [0.4, 0.5) is 5.69 Å². The van der Waals surface area contributed by atoms with Crippen molar-refractivity contribution in [1.82, 2.24) is 0 Å². The van der Waals surface area contributed by atoms with Crippen molar-refractivity contribution < 1.29 is 14.6 Å². The van der Waals surface area contributed by atoms with Crippen LogP contribution in [-0.4, -0.2) is 17.6 Å². The fourth-order valence-electron chi connectivity index (χ4n) is 1.76. The zero-order valence-corrected chi connectivity index (χ0v) is 11.3. The van der Waals surface area contributed by atoms with Gasteiger partial charge in [-0.3, -0.25) is 4.79 Å². The van der Waals surface area contributed by atoms with Crippen molar-refractivity contribution in [2.24, 2.45) is 0 Å². The maximum absolute atomic E-state index is 11.7. The lowest BCUT2D eigenvalue weighted by atomic mass is 10.2. The Bertz CT molecular complexity index is 579. The van der Waals surface area contributed by atoms with E-state index in [1.165, 1.54) is 0 Å². The molecule has 1 amide bonds. The summed E-state index contributed by atoms with van der Waals surface area (Å²) < 4.78 is 5.38. The monoisotopic (exact) mass is 271 g/mol. The first-order chi connectivity index (χ1) is 9.67. The molecule has 4 heteroatoms. The molecule has 0 radical (unpaired) electrons. The summed E-state index contributed by atoms with van der Waals surface area (Å²) in [6.45, 7) is 1.91. The van der Waals surface area contributed by atoms with Crippen LogP contribution in [0.2, 0.25) is 0 Å². The summed E-state index contributed by atoms with van der Waals surface area (Å²) >= 11 is 0. The van der Waals surface area contributed by atoms with Crippen LogP contribution in [0.1, 0.15) is 11.1 Å². The van der Waals surface area contributed by atoms with E-state index in [0.29, 0.717) is 5.75 Å². The van der Waals surface area contributed by atoms with Gasteiger partial charge in [0.15, 0.2) is 6.61 Å². The Morgan fingerprint density at radius 3 is 2.60 bits per heavy atom. The third-order valence-corrected chi connectivity index (χ3v) is 2.78. The molecule has 2 N–H and O–H groups in total. The van der Waals surface area contributed by atoms with Gasteiger partial charge >= 0.3 is 0 Å². The zero-order chi connectivity index (χ0) is 14.4. The Labute approximate surface area is 118 Å². The van der Waals surface area contributed by atoms with Gasteiger partial charge < -0.3 is 15.2 Å². The Kier molecular flexibility index (Phi) is 4.74. The van der Waals surface area contributed by atoms with Crippen LogP contribution in [0.25, 0.3) is 0 Å². The topological polar surface area (TPSA) is 58.6 Å². The maximum Gasteiger partial charge on any atom is 0.262 e. The minimum atomic E-state index is -0.207. The van der Waals surface area contributed by atoms with Crippen LogP contribution < -0.4 is 10.1 Å². The summed E-state index contributed by atoms with van der Waals surface area (Å²) in [5.74, 6) is 0.392. The molecule has 0 aliphatic heterocycles. The summed E-state index contributed by atoms with van der Waals surface area (Å²) in [4.78, 5) is 11.7. The highest BCUT2D eigenvalue weighted by Gasteiger charge is 2.04. The first kappa shape index (κ1) is 14.1. The number of ether oxygens (including phenoxy) is 1. The van der Waals surface area contributed by atoms with Crippen LogP contribution in [0, 0.1) is 6.92 Å². The maximum atomic E-state index is 11.7. The number of aliphatic hydroxyl groups excluding tert-OH is 1. The van der Waals surface area contributed by atoms with Crippen LogP contribution in [0.3, 0.4) is 0 Å². The molecule has 0 atom stereocenters. The number of aliphatic hydroxyl groups is 1. The summed E-state index contributed by atoms with van der Waals surface area (Å²) in [6, 6.07) is 14.6. The summed E-state index contributed by atoms with van der Waals surface area (Å²) in [5, 5.41) is 11.7. The van der Waals surface area contributed by atoms with Crippen molar-refractivity contribution in [3.8, 4) is 5.75 Å². The van der Waals surface area contributed by atoms with Gasteiger partial charge in [0, 0.05) is 5.69 Å². The predicted molar refractivity (Wildman–Crippen MR) is 77.7 cm³/mol. The number of amides is 1. The highest BCUT2D eigenvalue weighted by atomic mass is 16.5. The second-order valence-corrected chi connectivity index (χ2v) is 4.51. The van der Waals surface area contributed by atoms with Crippen molar-refractivity contribution in [2.45, 2.75) is 13.5 Å². The number of rotatable bonds is 5. The first-order valence-electron chi connectivity index (χ1n) is 6.36. The molecule has 0 heterocycles. The number of benzene rings is 2. The molecular formula is C16H17NO3. The number of nitrogens with one attached hydrogen (secondary N) is 1. The largest absolute Gasteiger partial charge is 0.484 e. The van der Waals surface area contributed by atoms with Gasteiger partial charge in [0.25, 0.3) is 5.91 Å². The molecular weight excluding hydrogens is 254 g/mol. The number of anilines is 1. The highest BCUT2D eigenvalue weighted by molar-refractivity contribution is 5.91. The zero-order valence-electron chi connectivity index (χ0n) is 11.3. The van der Waals surface area contributed by atoms with E-state index < -0.39 is 0 Å². The number of carbonyl (C=O) groups is 1. The fourth-order valence-corrected chi connectivity index (χ4v) is 1.76. The van der Waals surface area contributed by atoms with Crippen LogP contribution in [0.15, 0.2) is 48.5 Å². The van der Waals surface area contributed by atoms with E-state index in [0.717, 1.165) is 16.8 Å². The van der Waals surface area contributed by atoms with E-state index in [4.69, 9.17) is 9.84 Å². The van der Waals surface area contributed by atoms with Gasteiger partial charge in [-0.05, 0) is 42.3 Å². The molecule has 0 fully saturated rings. The van der Waals surface area contributed by atoms with Crippen LogP contribution in [0.5, 0.6) is 5.75 Å². The molecule has 2 aromatic rings. The minimum absolute atomic E-state index is 0.00583. The van der Waals surface area contributed by atoms with Gasteiger partial charge in [0.2, 0.25) is 0 Å². The normalized spacial score (nSPS) is 10.1. The highest BCUT2D eigenvalue weighted by Crippen LogP contribution is 2.13. The SMILES string of the molecule is Cc1cccc(NC(=O)COc2ccc(CO)cc2)c1. The van der Waals surface area contributed by atoms with Crippen LogP contribution in [-0.2, 0) is 11.4 Å². The van der Waals surface area contributed by atoms with Crippen molar-refractivity contribution in [3.05, 3.63) is 59.7 Å². The van der Waals surface area contributed by atoms with Gasteiger partial charge in [-0.2, -0.15) is 0 Å². The molecule has 0 saturated heterocycles. The van der Waals surface area contributed by atoms with Crippen molar-refractivity contribution in [3.63, 3.8) is 0 Å². The molecule has 0 aromatic heterocycles. The van der Waals surface area contributed by atoms with Gasteiger partial charge in [-0.1, -0.05) is 24.3 Å². The Morgan fingerprint density at radius 2 is 1.95 bits per heavy atom. The molecule has 104 valence electrons. The number of hydrogen-bond acceptors (Lipinski definition) is 3. The Morgan fingerprint density at radius 1 is 1.20 bits per heavy atom. The molecule has 4 nitrogen and oxygen atoms in total. The van der Waals surface area contributed by atoms with Crippen molar-refractivity contribution >= 4 is 11.6 Å². The summed E-state index contributed by atoms with van der Waals surface area (Å²) in [5.41, 5.74) is 2.65. The molecule has 20 heavy (non-hydrogen) atoms. The van der Waals surface area contributed by atoms with Crippen molar-refractivity contribution in [1.29, 1.82) is 0 Å². The second kappa shape index (κ2) is 6.73. The molecule has 0 unspecified atom stereocenters. The van der Waals surface area contributed by atoms with Gasteiger partial charge in [-0.15, -0.1) is 0 Å².